The van der Waals surface area contributed by atoms with Gasteiger partial charge in [-0.15, -0.1) is 0 Å². The third kappa shape index (κ3) is 4.04. The molecule has 0 saturated heterocycles. The highest BCUT2D eigenvalue weighted by Gasteiger charge is 2.35. The minimum Gasteiger partial charge on any atom is -0.368 e. The highest BCUT2D eigenvalue weighted by atomic mass is 16.2. The van der Waals surface area contributed by atoms with Crippen LogP contribution in [0.5, 0.6) is 0 Å². The molecule has 1 aliphatic rings. The van der Waals surface area contributed by atoms with Crippen molar-refractivity contribution in [3.63, 3.8) is 0 Å². The molecule has 0 fully saturated rings. The first kappa shape index (κ1) is 19.3. The van der Waals surface area contributed by atoms with Crippen LogP contribution >= 0.6 is 0 Å². The monoisotopic (exact) mass is 384 g/mol. The lowest BCUT2D eigenvalue weighted by Crippen LogP contribution is -2.45. The third-order valence-electron chi connectivity index (χ3n) is 5.87. The van der Waals surface area contributed by atoms with Gasteiger partial charge in [-0.05, 0) is 49.1 Å². The lowest BCUT2D eigenvalue weighted by molar-refractivity contribution is -0.117. The zero-order valence-corrected chi connectivity index (χ0v) is 17.2. The fourth-order valence-electron chi connectivity index (χ4n) is 4.49. The van der Waals surface area contributed by atoms with Gasteiger partial charge in [0, 0.05) is 30.9 Å². The second kappa shape index (κ2) is 8.52. The van der Waals surface area contributed by atoms with Gasteiger partial charge in [0.05, 0.1) is 6.04 Å². The van der Waals surface area contributed by atoms with E-state index < -0.39 is 0 Å². The highest BCUT2D eigenvalue weighted by molar-refractivity contribution is 5.92. The van der Waals surface area contributed by atoms with Crippen molar-refractivity contribution < 1.29 is 4.79 Å². The fraction of sp³-hybridized carbons (Fsp3) is 0.269. The number of hydrogen-bond donors (Lipinski definition) is 0. The van der Waals surface area contributed by atoms with Gasteiger partial charge in [-0.1, -0.05) is 66.7 Å². The number of amides is 1. The first-order valence-corrected chi connectivity index (χ1v) is 10.4. The fourth-order valence-corrected chi connectivity index (χ4v) is 4.49. The molecule has 0 saturated carbocycles. The molecular weight excluding hydrogens is 356 g/mol. The van der Waals surface area contributed by atoms with E-state index in [2.05, 4.69) is 66.4 Å². The van der Waals surface area contributed by atoms with Crippen molar-refractivity contribution in [2.75, 3.05) is 16.3 Å². The van der Waals surface area contributed by atoms with Crippen molar-refractivity contribution in [2.45, 2.75) is 38.8 Å². The summed E-state index contributed by atoms with van der Waals surface area (Å²) in [5.41, 5.74) is 4.80. The summed E-state index contributed by atoms with van der Waals surface area (Å²) in [6.45, 7) is 4.92. The zero-order valence-electron chi connectivity index (χ0n) is 17.2. The zero-order chi connectivity index (χ0) is 20.2. The molecule has 3 aromatic carbocycles. The van der Waals surface area contributed by atoms with E-state index in [1.54, 1.807) is 6.92 Å². The van der Waals surface area contributed by atoms with Crippen LogP contribution in [0.2, 0.25) is 0 Å². The van der Waals surface area contributed by atoms with E-state index in [1.807, 2.05) is 35.2 Å². The Hall–Kier alpha value is -3.07. The van der Waals surface area contributed by atoms with Gasteiger partial charge in [-0.25, -0.2) is 0 Å². The topological polar surface area (TPSA) is 23.6 Å². The second-order valence-corrected chi connectivity index (χ2v) is 7.81. The summed E-state index contributed by atoms with van der Waals surface area (Å²) in [4.78, 5) is 17.1. The smallest absolute Gasteiger partial charge is 0.224 e. The molecule has 3 aromatic rings. The highest BCUT2D eigenvalue weighted by Crippen LogP contribution is 2.42. The van der Waals surface area contributed by atoms with Crippen LogP contribution in [0, 0.1) is 0 Å². The number of carbonyl (C=O) groups is 1. The molecule has 0 spiro atoms. The second-order valence-electron chi connectivity index (χ2n) is 7.81. The molecule has 1 amide bonds. The van der Waals surface area contributed by atoms with Gasteiger partial charge in [-0.2, -0.15) is 0 Å². The first-order chi connectivity index (χ1) is 14.1. The lowest BCUT2D eigenvalue weighted by Gasteiger charge is -2.44. The lowest BCUT2D eigenvalue weighted by atomic mass is 9.89. The third-order valence-corrected chi connectivity index (χ3v) is 5.87. The molecule has 0 radical (unpaired) electrons. The number of benzene rings is 3. The molecule has 29 heavy (non-hydrogen) atoms. The summed E-state index contributed by atoms with van der Waals surface area (Å²) >= 11 is 0. The Labute approximate surface area is 173 Å². The van der Waals surface area contributed by atoms with Crippen LogP contribution in [0.1, 0.15) is 37.4 Å². The average molecular weight is 385 g/mol. The molecule has 3 heteroatoms. The standard InChI is InChI=1S/C26H28N2O/c1-20-19-26(28(21(2)29)23-13-7-4-8-14-23)24-15-9-10-16-25(24)27(20)18-17-22-11-5-3-6-12-22/h3-16,20,26H,17-19H2,1-2H3/t20-,26-/m0/s1. The van der Waals surface area contributed by atoms with E-state index >= 15 is 0 Å². The Bertz CT molecular complexity index is 955. The van der Waals surface area contributed by atoms with Crippen LogP contribution in [0.25, 0.3) is 0 Å². The van der Waals surface area contributed by atoms with Crippen LogP contribution in [-0.2, 0) is 11.2 Å². The maximum absolute atomic E-state index is 12.7. The molecule has 1 heterocycles. The van der Waals surface area contributed by atoms with Gasteiger partial charge < -0.3 is 9.80 Å². The van der Waals surface area contributed by atoms with E-state index in [9.17, 15) is 4.79 Å². The maximum Gasteiger partial charge on any atom is 0.224 e. The summed E-state index contributed by atoms with van der Waals surface area (Å²) < 4.78 is 0. The summed E-state index contributed by atoms with van der Waals surface area (Å²) in [7, 11) is 0. The van der Waals surface area contributed by atoms with Gasteiger partial charge in [0.15, 0.2) is 0 Å². The molecule has 148 valence electrons. The number of rotatable bonds is 5. The molecule has 0 aliphatic carbocycles. The molecule has 1 aliphatic heterocycles. The van der Waals surface area contributed by atoms with Gasteiger partial charge in [0.1, 0.15) is 0 Å². The Morgan fingerprint density at radius 3 is 2.24 bits per heavy atom. The molecule has 0 aromatic heterocycles. The molecule has 2 atom stereocenters. The van der Waals surface area contributed by atoms with Gasteiger partial charge in [0.2, 0.25) is 5.91 Å². The predicted octanol–water partition coefficient (Wildman–Crippen LogP) is 5.62. The minimum atomic E-state index is 0.0501. The largest absolute Gasteiger partial charge is 0.368 e. The maximum atomic E-state index is 12.7. The Balaban J connectivity index is 1.66. The van der Waals surface area contributed by atoms with E-state index in [0.717, 1.165) is 25.1 Å². The molecule has 4 rings (SSSR count). The van der Waals surface area contributed by atoms with Crippen molar-refractivity contribution in [3.05, 3.63) is 96.1 Å². The number of anilines is 2. The van der Waals surface area contributed by atoms with E-state index in [4.69, 9.17) is 0 Å². The van der Waals surface area contributed by atoms with Gasteiger partial charge in [-0.3, -0.25) is 4.79 Å². The van der Waals surface area contributed by atoms with E-state index in [0.29, 0.717) is 6.04 Å². The normalized spacial score (nSPS) is 18.2. The van der Waals surface area contributed by atoms with Crippen molar-refractivity contribution in [2.24, 2.45) is 0 Å². The van der Waals surface area contributed by atoms with Crippen molar-refractivity contribution in [1.82, 2.24) is 0 Å². The number of para-hydroxylation sites is 2. The number of carbonyl (C=O) groups excluding carboxylic acids is 1. The van der Waals surface area contributed by atoms with E-state index in [-0.39, 0.29) is 11.9 Å². The molecule has 0 unspecified atom stereocenters. The van der Waals surface area contributed by atoms with Gasteiger partial charge >= 0.3 is 0 Å². The summed E-state index contributed by atoms with van der Waals surface area (Å²) in [5, 5.41) is 0. The molecule has 0 bridgehead atoms. The molecule has 3 nitrogen and oxygen atoms in total. The van der Waals surface area contributed by atoms with Crippen LogP contribution < -0.4 is 9.80 Å². The Morgan fingerprint density at radius 1 is 0.931 bits per heavy atom. The summed E-state index contributed by atoms with van der Waals surface area (Å²) in [6, 6.07) is 29.6. The number of fused-ring (bicyclic) bond motifs is 1. The van der Waals surface area contributed by atoms with Crippen LogP contribution in [0.15, 0.2) is 84.9 Å². The van der Waals surface area contributed by atoms with Crippen LogP contribution in [0.3, 0.4) is 0 Å². The van der Waals surface area contributed by atoms with E-state index in [1.165, 1.54) is 16.8 Å². The Kier molecular flexibility index (Phi) is 5.66. The number of hydrogen-bond acceptors (Lipinski definition) is 2. The van der Waals surface area contributed by atoms with Crippen molar-refractivity contribution in [1.29, 1.82) is 0 Å². The Morgan fingerprint density at radius 2 is 1.55 bits per heavy atom. The predicted molar refractivity (Wildman–Crippen MR) is 120 cm³/mol. The summed E-state index contributed by atoms with van der Waals surface area (Å²) in [6.07, 6.45) is 1.93. The van der Waals surface area contributed by atoms with Crippen LogP contribution in [0.4, 0.5) is 11.4 Å². The van der Waals surface area contributed by atoms with Crippen molar-refractivity contribution >= 4 is 17.3 Å². The molecule has 0 N–H and O–H groups in total. The number of nitrogens with zero attached hydrogens (tertiary/aromatic N) is 2. The SMILES string of the molecule is CC(=O)N(c1ccccc1)[C@H]1C[C@H](C)N(CCc2ccccc2)c2ccccc21. The van der Waals surface area contributed by atoms with Crippen molar-refractivity contribution in [3.8, 4) is 0 Å². The first-order valence-electron chi connectivity index (χ1n) is 10.4. The summed E-state index contributed by atoms with van der Waals surface area (Å²) in [5.74, 6) is 0.0842. The minimum absolute atomic E-state index is 0.0501. The molecular formula is C26H28N2O. The average Bonchev–Trinajstić information content (AvgIpc) is 2.75. The quantitative estimate of drug-likeness (QED) is 0.570. The van der Waals surface area contributed by atoms with Gasteiger partial charge in [0.25, 0.3) is 0 Å². The van der Waals surface area contributed by atoms with Crippen LogP contribution in [-0.4, -0.2) is 18.5 Å².